The van der Waals surface area contributed by atoms with Crippen molar-refractivity contribution in [2.24, 2.45) is 7.05 Å². The molecule has 4 rings (SSSR count). The maximum atomic E-state index is 11.2. The molecule has 0 amide bonds. The Morgan fingerprint density at radius 3 is 2.66 bits per heavy atom. The lowest BCUT2D eigenvalue weighted by Crippen LogP contribution is -2.21. The highest BCUT2D eigenvalue weighted by molar-refractivity contribution is 7.88. The standard InChI is InChI=1S/C18H18ClN7O2S/c1-26-18(22-15-8-7-14-13(16(15)19)10-20-24-14)23-17(25-26)12-5-3-11(4-6-12)9-21-29(2,27)28/h3-8,10,21H,9H2,1-2H3,(H,20,24)(H,22,23,25). The molecule has 0 saturated carbocycles. The van der Waals surface area contributed by atoms with E-state index in [4.69, 9.17) is 11.6 Å². The van der Waals surface area contributed by atoms with Crippen LogP contribution in [0.4, 0.5) is 11.6 Å². The van der Waals surface area contributed by atoms with Crippen molar-refractivity contribution in [2.75, 3.05) is 11.6 Å². The molecule has 2 aromatic carbocycles. The number of benzene rings is 2. The lowest BCUT2D eigenvalue weighted by molar-refractivity contribution is 0.587. The number of hydrogen-bond donors (Lipinski definition) is 3. The Balaban J connectivity index is 1.55. The van der Waals surface area contributed by atoms with Crippen molar-refractivity contribution in [1.82, 2.24) is 29.7 Å². The lowest BCUT2D eigenvalue weighted by Gasteiger charge is -2.07. The van der Waals surface area contributed by atoms with Gasteiger partial charge in [0.1, 0.15) is 0 Å². The van der Waals surface area contributed by atoms with Crippen LogP contribution in [0.3, 0.4) is 0 Å². The van der Waals surface area contributed by atoms with Crippen LogP contribution in [0.2, 0.25) is 5.02 Å². The third kappa shape index (κ3) is 4.24. The maximum Gasteiger partial charge on any atom is 0.225 e. The Bertz CT molecular complexity index is 1280. The van der Waals surface area contributed by atoms with E-state index in [0.717, 1.165) is 28.3 Å². The van der Waals surface area contributed by atoms with E-state index in [1.165, 1.54) is 0 Å². The van der Waals surface area contributed by atoms with E-state index in [1.807, 2.05) is 36.4 Å². The quantitative estimate of drug-likeness (QED) is 0.432. The highest BCUT2D eigenvalue weighted by atomic mass is 35.5. The summed E-state index contributed by atoms with van der Waals surface area (Å²) < 4.78 is 26.5. The van der Waals surface area contributed by atoms with Crippen molar-refractivity contribution in [3.05, 3.63) is 53.2 Å². The van der Waals surface area contributed by atoms with Crippen molar-refractivity contribution in [2.45, 2.75) is 6.54 Å². The minimum absolute atomic E-state index is 0.233. The van der Waals surface area contributed by atoms with Crippen LogP contribution in [-0.4, -0.2) is 39.6 Å². The van der Waals surface area contributed by atoms with Gasteiger partial charge in [-0.15, -0.1) is 5.10 Å². The number of hydrogen-bond acceptors (Lipinski definition) is 6. The van der Waals surface area contributed by atoms with Crippen molar-refractivity contribution in [1.29, 1.82) is 0 Å². The van der Waals surface area contributed by atoms with Gasteiger partial charge < -0.3 is 5.32 Å². The van der Waals surface area contributed by atoms with Crippen LogP contribution in [-0.2, 0) is 23.6 Å². The predicted molar refractivity (Wildman–Crippen MR) is 113 cm³/mol. The summed E-state index contributed by atoms with van der Waals surface area (Å²) in [5, 5.41) is 15.9. The predicted octanol–water partition coefficient (Wildman–Crippen LogP) is 2.80. The lowest BCUT2D eigenvalue weighted by atomic mass is 10.1. The van der Waals surface area contributed by atoms with Gasteiger partial charge in [0.25, 0.3) is 0 Å². The summed E-state index contributed by atoms with van der Waals surface area (Å²) in [4.78, 5) is 4.55. The highest BCUT2D eigenvalue weighted by Gasteiger charge is 2.13. The molecule has 0 unspecified atom stereocenters. The van der Waals surface area contributed by atoms with Crippen molar-refractivity contribution in [3.8, 4) is 11.4 Å². The first-order valence-electron chi connectivity index (χ1n) is 8.64. The molecule has 0 bridgehead atoms. The topological polar surface area (TPSA) is 118 Å². The van der Waals surface area contributed by atoms with Crippen molar-refractivity contribution < 1.29 is 8.42 Å². The van der Waals surface area contributed by atoms with Gasteiger partial charge in [-0.2, -0.15) is 10.1 Å². The SMILES string of the molecule is Cn1nc(-c2ccc(CNS(C)(=O)=O)cc2)nc1Nc1ccc2[nH]ncc2c1Cl. The third-order valence-electron chi connectivity index (χ3n) is 4.32. The summed E-state index contributed by atoms with van der Waals surface area (Å²) in [6.45, 7) is 0.233. The molecule has 150 valence electrons. The zero-order chi connectivity index (χ0) is 20.6. The highest BCUT2D eigenvalue weighted by Crippen LogP contribution is 2.32. The molecule has 2 heterocycles. The first kappa shape index (κ1) is 19.4. The van der Waals surface area contributed by atoms with E-state index < -0.39 is 10.0 Å². The molecule has 0 saturated heterocycles. The van der Waals surface area contributed by atoms with Gasteiger partial charge in [0.2, 0.25) is 16.0 Å². The first-order chi connectivity index (χ1) is 13.8. The van der Waals surface area contributed by atoms with E-state index in [-0.39, 0.29) is 6.54 Å². The number of nitrogens with zero attached hydrogens (tertiary/aromatic N) is 4. The van der Waals surface area contributed by atoms with Gasteiger partial charge in [0, 0.05) is 24.5 Å². The van der Waals surface area contributed by atoms with Crippen molar-refractivity contribution in [3.63, 3.8) is 0 Å². The number of aromatic nitrogens is 5. The maximum absolute atomic E-state index is 11.2. The first-order valence-corrected chi connectivity index (χ1v) is 10.9. The number of anilines is 2. The van der Waals surface area contributed by atoms with Gasteiger partial charge in [-0.25, -0.2) is 17.8 Å². The fraction of sp³-hybridized carbons (Fsp3) is 0.167. The van der Waals surface area contributed by atoms with Crippen LogP contribution in [0, 0.1) is 0 Å². The summed E-state index contributed by atoms with van der Waals surface area (Å²) in [6, 6.07) is 11.1. The number of sulfonamides is 1. The molecule has 3 N–H and O–H groups in total. The molecule has 11 heteroatoms. The number of halogens is 1. The normalized spacial score (nSPS) is 11.8. The molecule has 0 radical (unpaired) electrons. The Labute approximate surface area is 172 Å². The summed E-state index contributed by atoms with van der Waals surface area (Å²) in [7, 11) is -1.45. The van der Waals surface area contributed by atoms with Crippen LogP contribution >= 0.6 is 11.6 Å². The second-order valence-electron chi connectivity index (χ2n) is 6.56. The second kappa shape index (κ2) is 7.47. The summed E-state index contributed by atoms with van der Waals surface area (Å²) in [5.41, 5.74) is 3.20. The number of aromatic amines is 1. The Morgan fingerprint density at radius 1 is 1.17 bits per heavy atom. The van der Waals surface area contributed by atoms with Gasteiger partial charge in [0.15, 0.2) is 5.82 Å². The molecule has 0 aliphatic rings. The van der Waals surface area contributed by atoms with Gasteiger partial charge >= 0.3 is 0 Å². The molecule has 0 aliphatic heterocycles. The monoisotopic (exact) mass is 431 g/mol. The van der Waals surface area contributed by atoms with Crippen LogP contribution in [0.25, 0.3) is 22.3 Å². The zero-order valence-corrected chi connectivity index (χ0v) is 17.2. The number of aryl methyl sites for hydroxylation is 1. The van der Waals surface area contributed by atoms with Gasteiger partial charge in [-0.05, 0) is 17.7 Å². The van der Waals surface area contributed by atoms with E-state index in [2.05, 4.69) is 30.3 Å². The van der Waals surface area contributed by atoms with E-state index >= 15 is 0 Å². The largest absolute Gasteiger partial charge is 0.323 e. The Morgan fingerprint density at radius 2 is 1.93 bits per heavy atom. The van der Waals surface area contributed by atoms with Gasteiger partial charge in [0.05, 0.1) is 28.7 Å². The average molecular weight is 432 g/mol. The Kier molecular flexibility index (Phi) is 4.99. The average Bonchev–Trinajstić information content (AvgIpc) is 3.30. The van der Waals surface area contributed by atoms with E-state index in [9.17, 15) is 8.42 Å². The summed E-state index contributed by atoms with van der Waals surface area (Å²) >= 11 is 6.46. The van der Waals surface area contributed by atoms with Gasteiger partial charge in [-0.1, -0.05) is 35.9 Å². The fourth-order valence-electron chi connectivity index (χ4n) is 2.80. The molecule has 0 aliphatic carbocycles. The minimum atomic E-state index is -3.23. The molecular weight excluding hydrogens is 414 g/mol. The summed E-state index contributed by atoms with van der Waals surface area (Å²) in [6.07, 6.45) is 2.80. The number of fused-ring (bicyclic) bond motifs is 1. The fourth-order valence-corrected chi connectivity index (χ4v) is 3.49. The number of H-pyrrole nitrogens is 1. The molecule has 2 aromatic heterocycles. The zero-order valence-electron chi connectivity index (χ0n) is 15.6. The van der Waals surface area contributed by atoms with E-state index in [0.29, 0.717) is 22.5 Å². The third-order valence-corrected chi connectivity index (χ3v) is 5.39. The molecule has 4 aromatic rings. The second-order valence-corrected chi connectivity index (χ2v) is 8.77. The van der Waals surface area contributed by atoms with Crippen molar-refractivity contribution >= 4 is 44.2 Å². The Hall–Kier alpha value is -2.95. The van der Waals surface area contributed by atoms with Gasteiger partial charge in [-0.3, -0.25) is 5.10 Å². The molecule has 0 atom stereocenters. The van der Waals surface area contributed by atoms with Crippen LogP contribution in [0.15, 0.2) is 42.6 Å². The number of rotatable bonds is 6. The van der Waals surface area contributed by atoms with E-state index in [1.54, 1.807) is 17.9 Å². The number of nitrogens with one attached hydrogen (secondary N) is 3. The molecule has 0 fully saturated rings. The molecule has 9 nitrogen and oxygen atoms in total. The van der Waals surface area contributed by atoms with Crippen LogP contribution in [0.1, 0.15) is 5.56 Å². The van der Waals surface area contributed by atoms with Crippen LogP contribution < -0.4 is 10.0 Å². The minimum Gasteiger partial charge on any atom is -0.323 e. The smallest absolute Gasteiger partial charge is 0.225 e. The van der Waals surface area contributed by atoms with Crippen LogP contribution in [0.5, 0.6) is 0 Å². The molecule has 29 heavy (non-hydrogen) atoms. The summed E-state index contributed by atoms with van der Waals surface area (Å²) in [5.74, 6) is 1.07. The molecular formula is C18H18ClN7O2S. The molecule has 0 spiro atoms.